The van der Waals surface area contributed by atoms with Crippen molar-refractivity contribution in [2.75, 3.05) is 0 Å². The fourth-order valence-electron chi connectivity index (χ4n) is 1.89. The number of nitro groups is 1. The first kappa shape index (κ1) is 9.14. The number of H-pyrrole nitrogens is 1. The Kier molecular flexibility index (Phi) is 1.66. The molecule has 0 saturated heterocycles. The third-order valence-electron chi connectivity index (χ3n) is 3.07. The summed E-state index contributed by atoms with van der Waals surface area (Å²) in [4.78, 5) is 10.2. The van der Waals surface area contributed by atoms with E-state index in [1.165, 1.54) is 6.20 Å². The number of hydrogen-bond acceptors (Lipinski definition) is 4. The average Bonchev–Trinajstić information content (AvgIpc) is 2.54. The lowest BCUT2D eigenvalue weighted by Gasteiger charge is -1.98. The molecule has 0 aromatic carbocycles. The highest BCUT2D eigenvalue weighted by atomic mass is 16.6. The Bertz CT molecular complexity index is 384. The average molecular weight is 196 g/mol. The van der Waals surface area contributed by atoms with E-state index in [4.69, 9.17) is 5.73 Å². The number of nitrogens with two attached hydrogens (primary N) is 1. The van der Waals surface area contributed by atoms with Crippen LogP contribution in [-0.2, 0) is 0 Å². The third kappa shape index (κ3) is 1.04. The van der Waals surface area contributed by atoms with Crippen LogP contribution in [0.4, 0.5) is 5.69 Å². The van der Waals surface area contributed by atoms with Gasteiger partial charge in [-0.05, 0) is 5.41 Å². The van der Waals surface area contributed by atoms with Crippen LogP contribution in [0.1, 0.15) is 25.5 Å². The highest BCUT2D eigenvalue weighted by Crippen LogP contribution is 2.58. The molecule has 6 nitrogen and oxygen atoms in total. The van der Waals surface area contributed by atoms with Crippen molar-refractivity contribution in [1.29, 1.82) is 0 Å². The molecule has 14 heavy (non-hydrogen) atoms. The first-order valence-electron chi connectivity index (χ1n) is 4.39. The third-order valence-corrected chi connectivity index (χ3v) is 3.07. The van der Waals surface area contributed by atoms with Crippen LogP contribution in [0.2, 0.25) is 0 Å². The number of aromatic amines is 1. The summed E-state index contributed by atoms with van der Waals surface area (Å²) in [5.41, 5.74) is 6.35. The number of nitrogens with one attached hydrogen (secondary N) is 1. The van der Waals surface area contributed by atoms with E-state index < -0.39 is 4.92 Å². The predicted octanol–water partition coefficient (Wildman–Crippen LogP) is 0.769. The molecule has 0 aliphatic heterocycles. The quantitative estimate of drug-likeness (QED) is 0.539. The smallest absolute Gasteiger partial charge is 0.310 e. The molecule has 2 unspecified atom stereocenters. The highest BCUT2D eigenvalue weighted by Gasteiger charge is 2.59. The SMILES string of the molecule is CC1(C)C(N)C1c1[nH]ncc1[N+](=O)[O-]. The molecule has 6 heteroatoms. The molecule has 1 aliphatic carbocycles. The van der Waals surface area contributed by atoms with Crippen molar-refractivity contribution < 1.29 is 4.92 Å². The van der Waals surface area contributed by atoms with Gasteiger partial charge in [-0.1, -0.05) is 13.8 Å². The zero-order chi connectivity index (χ0) is 10.5. The van der Waals surface area contributed by atoms with Crippen molar-refractivity contribution in [3.8, 4) is 0 Å². The van der Waals surface area contributed by atoms with Gasteiger partial charge in [-0.2, -0.15) is 5.10 Å². The topological polar surface area (TPSA) is 97.8 Å². The monoisotopic (exact) mass is 196 g/mol. The largest absolute Gasteiger partial charge is 0.327 e. The van der Waals surface area contributed by atoms with Gasteiger partial charge in [0.2, 0.25) is 0 Å². The zero-order valence-electron chi connectivity index (χ0n) is 8.02. The summed E-state index contributed by atoms with van der Waals surface area (Å²) in [7, 11) is 0. The Labute approximate surface area is 80.6 Å². The maximum atomic E-state index is 10.6. The van der Waals surface area contributed by atoms with Gasteiger partial charge in [0.25, 0.3) is 0 Å². The Morgan fingerprint density at radius 3 is 2.71 bits per heavy atom. The van der Waals surface area contributed by atoms with Gasteiger partial charge in [-0.15, -0.1) is 0 Å². The summed E-state index contributed by atoms with van der Waals surface area (Å²) in [6.45, 7) is 3.99. The molecule has 76 valence electrons. The van der Waals surface area contributed by atoms with Crippen molar-refractivity contribution in [1.82, 2.24) is 10.2 Å². The van der Waals surface area contributed by atoms with Crippen molar-refractivity contribution in [2.45, 2.75) is 25.8 Å². The zero-order valence-corrected chi connectivity index (χ0v) is 8.02. The van der Waals surface area contributed by atoms with Gasteiger partial charge in [0, 0.05) is 12.0 Å². The second-order valence-corrected chi connectivity index (χ2v) is 4.25. The van der Waals surface area contributed by atoms with Crippen molar-refractivity contribution in [2.24, 2.45) is 11.1 Å². The summed E-state index contributed by atoms with van der Waals surface area (Å²) in [5.74, 6) is 0.0189. The predicted molar refractivity (Wildman–Crippen MR) is 49.7 cm³/mol. The van der Waals surface area contributed by atoms with Crippen LogP contribution in [0.25, 0.3) is 0 Å². The van der Waals surface area contributed by atoms with Gasteiger partial charge in [0.15, 0.2) is 0 Å². The van der Waals surface area contributed by atoms with E-state index >= 15 is 0 Å². The molecule has 1 aromatic heterocycles. The lowest BCUT2D eigenvalue weighted by atomic mass is 10.1. The fourth-order valence-corrected chi connectivity index (χ4v) is 1.89. The molecule has 2 atom stereocenters. The minimum atomic E-state index is -0.431. The maximum absolute atomic E-state index is 10.6. The molecule has 1 saturated carbocycles. The van der Waals surface area contributed by atoms with E-state index in [9.17, 15) is 10.1 Å². The molecular formula is C8H12N4O2. The van der Waals surface area contributed by atoms with Gasteiger partial charge < -0.3 is 5.73 Å². The normalized spacial score (nSPS) is 28.8. The summed E-state index contributed by atoms with van der Waals surface area (Å²) >= 11 is 0. The summed E-state index contributed by atoms with van der Waals surface area (Å²) in [6, 6.07) is -0.0263. The van der Waals surface area contributed by atoms with Crippen LogP contribution in [0.5, 0.6) is 0 Å². The van der Waals surface area contributed by atoms with Gasteiger partial charge in [0.1, 0.15) is 11.9 Å². The van der Waals surface area contributed by atoms with Crippen LogP contribution < -0.4 is 5.73 Å². The molecule has 1 heterocycles. The number of hydrogen-bond donors (Lipinski definition) is 2. The Hall–Kier alpha value is -1.43. The molecule has 3 N–H and O–H groups in total. The van der Waals surface area contributed by atoms with Gasteiger partial charge in [-0.25, -0.2) is 0 Å². The van der Waals surface area contributed by atoms with E-state index in [2.05, 4.69) is 10.2 Å². The van der Waals surface area contributed by atoms with Crippen LogP contribution in [0, 0.1) is 15.5 Å². The van der Waals surface area contributed by atoms with Crippen LogP contribution in [0.15, 0.2) is 6.20 Å². The molecule has 2 rings (SSSR count). The van der Waals surface area contributed by atoms with E-state index in [0.717, 1.165) is 0 Å². The summed E-state index contributed by atoms with van der Waals surface area (Å²) in [5, 5.41) is 17.0. The van der Waals surface area contributed by atoms with Crippen molar-refractivity contribution in [3.05, 3.63) is 22.0 Å². The maximum Gasteiger partial charge on any atom is 0.310 e. The fraction of sp³-hybridized carbons (Fsp3) is 0.625. The molecule has 1 aromatic rings. The van der Waals surface area contributed by atoms with Crippen LogP contribution in [-0.4, -0.2) is 21.2 Å². The summed E-state index contributed by atoms with van der Waals surface area (Å²) in [6.07, 6.45) is 1.23. The number of nitrogens with zero attached hydrogens (tertiary/aromatic N) is 2. The standard InChI is InChI=1S/C8H12N4O2/c1-8(2)5(7(8)9)6-4(12(13)14)3-10-11-6/h3,5,7H,9H2,1-2H3,(H,10,11). The second kappa shape index (κ2) is 2.54. The Morgan fingerprint density at radius 1 is 1.71 bits per heavy atom. The molecule has 1 aliphatic rings. The van der Waals surface area contributed by atoms with E-state index in [0.29, 0.717) is 5.69 Å². The molecule has 0 amide bonds. The molecule has 0 bridgehead atoms. The lowest BCUT2D eigenvalue weighted by Crippen LogP contribution is -2.06. The molecule has 0 spiro atoms. The molecular weight excluding hydrogens is 184 g/mol. The van der Waals surface area contributed by atoms with Crippen LogP contribution >= 0.6 is 0 Å². The summed E-state index contributed by atoms with van der Waals surface area (Å²) < 4.78 is 0. The minimum absolute atomic E-state index is 0.0189. The Balaban J connectivity index is 2.35. The van der Waals surface area contributed by atoms with Gasteiger partial charge in [-0.3, -0.25) is 15.2 Å². The number of rotatable bonds is 2. The second-order valence-electron chi connectivity index (χ2n) is 4.25. The number of aromatic nitrogens is 2. The van der Waals surface area contributed by atoms with Gasteiger partial charge >= 0.3 is 5.69 Å². The van der Waals surface area contributed by atoms with Crippen molar-refractivity contribution in [3.63, 3.8) is 0 Å². The van der Waals surface area contributed by atoms with E-state index in [1.807, 2.05) is 13.8 Å². The van der Waals surface area contributed by atoms with E-state index in [1.54, 1.807) is 0 Å². The van der Waals surface area contributed by atoms with Gasteiger partial charge in [0.05, 0.1) is 4.92 Å². The van der Waals surface area contributed by atoms with E-state index in [-0.39, 0.29) is 23.1 Å². The lowest BCUT2D eigenvalue weighted by molar-refractivity contribution is -0.385. The highest BCUT2D eigenvalue weighted by molar-refractivity contribution is 5.42. The Morgan fingerprint density at radius 2 is 2.29 bits per heavy atom. The van der Waals surface area contributed by atoms with Crippen molar-refractivity contribution >= 4 is 5.69 Å². The minimum Gasteiger partial charge on any atom is -0.327 e. The van der Waals surface area contributed by atoms with Crippen LogP contribution in [0.3, 0.4) is 0 Å². The first-order chi connectivity index (χ1) is 6.46. The molecule has 0 radical (unpaired) electrons. The molecule has 1 fully saturated rings. The first-order valence-corrected chi connectivity index (χ1v) is 4.39.